The van der Waals surface area contributed by atoms with E-state index in [1.54, 1.807) is 6.08 Å². The van der Waals surface area contributed by atoms with Gasteiger partial charge in [0.2, 0.25) is 0 Å². The normalized spacial score (nSPS) is 13.6. The summed E-state index contributed by atoms with van der Waals surface area (Å²) >= 11 is 0. The first-order chi connectivity index (χ1) is 10.2. The Kier molecular flexibility index (Phi) is 15.4. The number of unbranched alkanes of at least 4 members (excludes halogenated alkanes) is 12. The van der Waals surface area contributed by atoms with Gasteiger partial charge in [0.15, 0.2) is 0 Å². The fourth-order valence-corrected chi connectivity index (χ4v) is 2.48. The molecule has 21 heavy (non-hydrogen) atoms. The Balaban J connectivity index is 3.19. The van der Waals surface area contributed by atoms with Crippen LogP contribution < -0.4 is 5.73 Å². The van der Waals surface area contributed by atoms with Gasteiger partial charge in [0.05, 0.1) is 12.6 Å². The van der Waals surface area contributed by atoms with Crippen molar-refractivity contribution in [3.63, 3.8) is 0 Å². The number of hydrogen-bond acceptors (Lipinski definition) is 3. The summed E-state index contributed by atoms with van der Waals surface area (Å²) in [6.45, 7) is 2.07. The van der Waals surface area contributed by atoms with E-state index in [0.717, 1.165) is 12.8 Å². The van der Waals surface area contributed by atoms with Gasteiger partial charge in [0, 0.05) is 0 Å². The highest BCUT2D eigenvalue weighted by Crippen LogP contribution is 2.12. The minimum atomic E-state index is -0.609. The zero-order valence-electron chi connectivity index (χ0n) is 14.0. The number of allylic oxidation sites excluding steroid dienone is 1. The van der Waals surface area contributed by atoms with Gasteiger partial charge in [-0.1, -0.05) is 77.6 Å². The molecule has 3 heteroatoms. The quantitative estimate of drug-likeness (QED) is 0.299. The maximum Gasteiger partial charge on any atom is 0.107 e. The topological polar surface area (TPSA) is 66.5 Å². The van der Waals surface area contributed by atoms with Crippen molar-refractivity contribution >= 4 is 0 Å². The predicted molar refractivity (Wildman–Crippen MR) is 91.5 cm³/mol. The van der Waals surface area contributed by atoms with Crippen molar-refractivity contribution < 1.29 is 10.2 Å². The van der Waals surface area contributed by atoms with Crippen LogP contribution in [0.1, 0.15) is 90.4 Å². The van der Waals surface area contributed by atoms with Gasteiger partial charge in [0.1, 0.15) is 5.76 Å². The van der Waals surface area contributed by atoms with Gasteiger partial charge in [-0.2, -0.15) is 0 Å². The van der Waals surface area contributed by atoms with Crippen molar-refractivity contribution in [2.45, 2.75) is 96.4 Å². The van der Waals surface area contributed by atoms with E-state index < -0.39 is 6.04 Å². The average molecular weight is 299 g/mol. The smallest absolute Gasteiger partial charge is 0.107 e. The highest BCUT2D eigenvalue weighted by molar-refractivity contribution is 4.99. The van der Waals surface area contributed by atoms with E-state index >= 15 is 0 Å². The van der Waals surface area contributed by atoms with E-state index in [2.05, 4.69) is 6.92 Å². The Morgan fingerprint density at radius 1 is 0.857 bits per heavy atom. The van der Waals surface area contributed by atoms with Crippen LogP contribution in [0.5, 0.6) is 0 Å². The number of nitrogens with two attached hydrogens (primary N) is 1. The molecule has 0 aromatic rings. The van der Waals surface area contributed by atoms with Crippen LogP contribution in [0.15, 0.2) is 11.8 Å². The van der Waals surface area contributed by atoms with Crippen molar-refractivity contribution in [1.82, 2.24) is 0 Å². The molecule has 0 radical (unpaired) electrons. The first-order valence-corrected chi connectivity index (χ1v) is 8.97. The predicted octanol–water partition coefficient (Wildman–Crippen LogP) is 4.84. The Hall–Kier alpha value is -0.540. The monoisotopic (exact) mass is 299 g/mol. The van der Waals surface area contributed by atoms with E-state index in [-0.39, 0.29) is 12.4 Å². The van der Waals surface area contributed by atoms with Crippen LogP contribution in [-0.2, 0) is 0 Å². The zero-order chi connectivity index (χ0) is 15.8. The number of rotatable bonds is 15. The minimum absolute atomic E-state index is 0.126. The van der Waals surface area contributed by atoms with Gasteiger partial charge in [-0.05, 0) is 18.9 Å². The lowest BCUT2D eigenvalue weighted by Gasteiger charge is -2.06. The van der Waals surface area contributed by atoms with Crippen LogP contribution in [-0.4, -0.2) is 22.9 Å². The molecule has 0 fully saturated rings. The van der Waals surface area contributed by atoms with Crippen molar-refractivity contribution in [2.24, 2.45) is 5.73 Å². The second-order valence-electron chi connectivity index (χ2n) is 6.10. The Morgan fingerprint density at radius 2 is 1.29 bits per heavy atom. The summed E-state index contributed by atoms with van der Waals surface area (Å²) in [5, 5.41) is 18.3. The van der Waals surface area contributed by atoms with Crippen molar-refractivity contribution in [1.29, 1.82) is 0 Å². The SMILES string of the molecule is CCCCCCCCCCCCCCC=C(O)C(N)CO. The zero-order valence-corrected chi connectivity index (χ0v) is 14.0. The average Bonchev–Trinajstić information content (AvgIpc) is 2.50. The summed E-state index contributed by atoms with van der Waals surface area (Å²) < 4.78 is 0. The van der Waals surface area contributed by atoms with E-state index in [0.29, 0.717) is 0 Å². The molecule has 3 nitrogen and oxygen atoms in total. The van der Waals surface area contributed by atoms with Crippen LogP contribution in [0.25, 0.3) is 0 Å². The van der Waals surface area contributed by atoms with Crippen LogP contribution in [0, 0.1) is 0 Å². The molecule has 0 heterocycles. The van der Waals surface area contributed by atoms with Gasteiger partial charge < -0.3 is 15.9 Å². The Labute approximate surface area is 131 Å². The highest BCUT2D eigenvalue weighted by Gasteiger charge is 2.04. The third-order valence-electron chi connectivity index (χ3n) is 3.99. The first-order valence-electron chi connectivity index (χ1n) is 8.97. The molecule has 0 aliphatic carbocycles. The van der Waals surface area contributed by atoms with Crippen LogP contribution in [0.2, 0.25) is 0 Å². The number of hydrogen-bond donors (Lipinski definition) is 3. The van der Waals surface area contributed by atoms with Crippen LogP contribution >= 0.6 is 0 Å². The maximum absolute atomic E-state index is 9.47. The van der Waals surface area contributed by atoms with Gasteiger partial charge >= 0.3 is 0 Å². The molecule has 0 aliphatic heterocycles. The summed E-state index contributed by atoms with van der Waals surface area (Å²) in [4.78, 5) is 0. The molecular formula is C18H37NO2. The molecule has 0 saturated heterocycles. The van der Waals surface area contributed by atoms with E-state index in [9.17, 15) is 5.11 Å². The van der Waals surface area contributed by atoms with Gasteiger partial charge in [0.25, 0.3) is 0 Å². The summed E-state index contributed by atoms with van der Waals surface area (Å²) in [6, 6.07) is -0.609. The third-order valence-corrected chi connectivity index (χ3v) is 3.99. The second kappa shape index (κ2) is 15.8. The van der Waals surface area contributed by atoms with Gasteiger partial charge in [-0.25, -0.2) is 0 Å². The third kappa shape index (κ3) is 14.2. The largest absolute Gasteiger partial charge is 0.511 e. The lowest BCUT2D eigenvalue weighted by molar-refractivity contribution is 0.243. The lowest BCUT2D eigenvalue weighted by Crippen LogP contribution is -2.26. The summed E-state index contributed by atoms with van der Waals surface area (Å²) in [6.07, 6.45) is 18.7. The molecule has 0 spiro atoms. The molecule has 0 rings (SSSR count). The molecule has 1 atom stereocenters. The van der Waals surface area contributed by atoms with Crippen molar-refractivity contribution in [2.75, 3.05) is 6.61 Å². The molecule has 0 aliphatic rings. The first kappa shape index (κ1) is 20.5. The van der Waals surface area contributed by atoms with Crippen molar-refractivity contribution in [3.05, 3.63) is 11.8 Å². The van der Waals surface area contributed by atoms with Crippen LogP contribution in [0.4, 0.5) is 0 Å². The standard InChI is InChI=1S/C18H37NO2/c1-2-3-4-5-6-7-8-9-10-11-12-13-14-15-18(21)17(19)16-20/h15,17,20-21H,2-14,16,19H2,1H3. The fourth-order valence-electron chi connectivity index (χ4n) is 2.48. The summed E-state index contributed by atoms with van der Waals surface area (Å²) in [5.74, 6) is 0.126. The van der Waals surface area contributed by atoms with Gasteiger partial charge in [-0.15, -0.1) is 0 Å². The molecule has 0 amide bonds. The number of aliphatic hydroxyl groups is 2. The van der Waals surface area contributed by atoms with Crippen molar-refractivity contribution in [3.8, 4) is 0 Å². The minimum Gasteiger partial charge on any atom is -0.511 e. The van der Waals surface area contributed by atoms with Gasteiger partial charge in [-0.3, -0.25) is 0 Å². The highest BCUT2D eigenvalue weighted by atomic mass is 16.3. The van der Waals surface area contributed by atoms with Crippen LogP contribution in [0.3, 0.4) is 0 Å². The molecule has 0 bridgehead atoms. The molecule has 1 unspecified atom stereocenters. The lowest BCUT2D eigenvalue weighted by atomic mass is 10.0. The van der Waals surface area contributed by atoms with E-state index in [1.807, 2.05) is 0 Å². The molecule has 0 aromatic heterocycles. The molecule has 0 saturated carbocycles. The molecule has 126 valence electrons. The Morgan fingerprint density at radius 3 is 1.71 bits per heavy atom. The molecule has 0 aromatic carbocycles. The maximum atomic E-state index is 9.47. The number of aliphatic hydroxyl groups excluding tert-OH is 2. The Bertz CT molecular complexity index is 241. The molecule has 4 N–H and O–H groups in total. The fraction of sp³-hybridized carbons (Fsp3) is 0.889. The summed E-state index contributed by atoms with van der Waals surface area (Å²) in [7, 11) is 0. The van der Waals surface area contributed by atoms with E-state index in [4.69, 9.17) is 10.8 Å². The second-order valence-corrected chi connectivity index (χ2v) is 6.10. The molecular weight excluding hydrogens is 262 g/mol. The van der Waals surface area contributed by atoms with E-state index in [1.165, 1.54) is 70.6 Å². The summed E-state index contributed by atoms with van der Waals surface area (Å²) in [5.41, 5.74) is 5.50.